The summed E-state index contributed by atoms with van der Waals surface area (Å²) in [6.07, 6.45) is 2.18. The summed E-state index contributed by atoms with van der Waals surface area (Å²) in [4.78, 5) is 8.26. The van der Waals surface area contributed by atoms with Crippen LogP contribution in [-0.4, -0.2) is 80.3 Å². The van der Waals surface area contributed by atoms with Gasteiger partial charge in [-0.2, -0.15) is 10.1 Å². The first-order chi connectivity index (χ1) is 9.87. The molecule has 0 aromatic carbocycles. The van der Waals surface area contributed by atoms with E-state index in [0.29, 0.717) is 18.2 Å². The minimum atomic E-state index is -2.92. The van der Waals surface area contributed by atoms with Gasteiger partial charge in [-0.1, -0.05) is 0 Å². The molecule has 1 saturated heterocycles. The zero-order valence-corrected chi connectivity index (χ0v) is 13.5. The molecule has 0 aliphatic carbocycles. The number of likely N-dealkylation sites (N-methyl/N-ethyl adjacent to an activating group) is 1. The molecule has 1 aliphatic heterocycles. The molecule has 2 rings (SSSR count). The standard InChI is InChI=1S/C12H22N6O2S/c1-17(2)6-5-13-11-8-14-16-12(15-11)18(3)10-4-7-21(19,20)9-10/h8,10H,4-7,9H2,1-3H3,(H,13,15,16). The average molecular weight is 314 g/mol. The third kappa shape index (κ3) is 4.50. The second kappa shape index (κ2) is 6.52. The Hall–Kier alpha value is -1.48. The summed E-state index contributed by atoms with van der Waals surface area (Å²) in [5.74, 6) is 1.49. The van der Waals surface area contributed by atoms with Crippen molar-refractivity contribution in [2.45, 2.75) is 12.5 Å². The third-order valence-electron chi connectivity index (χ3n) is 3.48. The summed E-state index contributed by atoms with van der Waals surface area (Å²) < 4.78 is 23.1. The highest BCUT2D eigenvalue weighted by molar-refractivity contribution is 7.91. The molecule has 1 unspecified atom stereocenters. The van der Waals surface area contributed by atoms with Crippen LogP contribution in [0.25, 0.3) is 0 Å². The van der Waals surface area contributed by atoms with Gasteiger partial charge in [0, 0.05) is 26.2 Å². The lowest BCUT2D eigenvalue weighted by atomic mass is 10.2. The Kier molecular flexibility index (Phi) is 4.94. The highest BCUT2D eigenvalue weighted by Gasteiger charge is 2.31. The van der Waals surface area contributed by atoms with Crippen molar-refractivity contribution in [2.24, 2.45) is 0 Å². The average Bonchev–Trinajstić information content (AvgIpc) is 2.78. The molecule has 1 fully saturated rings. The summed E-state index contributed by atoms with van der Waals surface area (Å²) in [6, 6.07) is -0.0752. The van der Waals surface area contributed by atoms with Crippen LogP contribution in [0.4, 0.5) is 11.8 Å². The van der Waals surface area contributed by atoms with E-state index in [-0.39, 0.29) is 17.5 Å². The predicted octanol–water partition coefficient (Wildman–Crippen LogP) is -0.532. The van der Waals surface area contributed by atoms with Crippen molar-refractivity contribution in [1.29, 1.82) is 0 Å². The van der Waals surface area contributed by atoms with Crippen molar-refractivity contribution in [1.82, 2.24) is 20.1 Å². The van der Waals surface area contributed by atoms with Crippen LogP contribution in [-0.2, 0) is 9.84 Å². The fraction of sp³-hybridized carbons (Fsp3) is 0.750. The number of sulfone groups is 1. The summed E-state index contributed by atoms with van der Waals surface area (Å²) in [6.45, 7) is 1.64. The third-order valence-corrected chi connectivity index (χ3v) is 5.23. The molecule has 0 radical (unpaired) electrons. The monoisotopic (exact) mass is 314 g/mol. The Morgan fingerprint density at radius 2 is 2.14 bits per heavy atom. The largest absolute Gasteiger partial charge is 0.367 e. The van der Waals surface area contributed by atoms with Crippen LogP contribution in [0, 0.1) is 0 Å². The maximum absolute atomic E-state index is 11.5. The molecule has 8 nitrogen and oxygen atoms in total. The van der Waals surface area contributed by atoms with Crippen LogP contribution in [0.2, 0.25) is 0 Å². The van der Waals surface area contributed by atoms with E-state index in [4.69, 9.17) is 0 Å². The predicted molar refractivity (Wildman–Crippen MR) is 82.3 cm³/mol. The van der Waals surface area contributed by atoms with Crippen molar-refractivity contribution in [2.75, 3.05) is 56.0 Å². The minimum absolute atomic E-state index is 0.0752. The van der Waals surface area contributed by atoms with Crippen LogP contribution in [0.5, 0.6) is 0 Å². The minimum Gasteiger partial charge on any atom is -0.367 e. The fourth-order valence-corrected chi connectivity index (χ4v) is 3.95. The number of nitrogens with one attached hydrogen (secondary N) is 1. The number of anilines is 2. The van der Waals surface area contributed by atoms with Gasteiger partial charge in [0.2, 0.25) is 5.95 Å². The number of aromatic nitrogens is 3. The lowest BCUT2D eigenvalue weighted by Crippen LogP contribution is -2.34. The second-order valence-corrected chi connectivity index (χ2v) is 7.77. The van der Waals surface area contributed by atoms with Crippen molar-refractivity contribution in [3.63, 3.8) is 0 Å². The van der Waals surface area contributed by atoms with Gasteiger partial charge in [0.05, 0.1) is 17.7 Å². The molecule has 1 N–H and O–H groups in total. The van der Waals surface area contributed by atoms with Gasteiger partial charge >= 0.3 is 0 Å². The second-order valence-electron chi connectivity index (χ2n) is 5.54. The zero-order valence-electron chi connectivity index (χ0n) is 12.7. The van der Waals surface area contributed by atoms with Gasteiger partial charge in [-0.05, 0) is 20.5 Å². The summed E-state index contributed by atoms with van der Waals surface area (Å²) in [7, 11) is 2.89. The van der Waals surface area contributed by atoms with Gasteiger partial charge in [-0.15, -0.1) is 5.10 Å². The zero-order chi connectivity index (χ0) is 15.5. The Morgan fingerprint density at radius 1 is 1.38 bits per heavy atom. The van der Waals surface area contributed by atoms with Gasteiger partial charge in [0.25, 0.3) is 0 Å². The molecule has 1 aromatic heterocycles. The van der Waals surface area contributed by atoms with Crippen LogP contribution < -0.4 is 10.2 Å². The molecule has 2 heterocycles. The van der Waals surface area contributed by atoms with Gasteiger partial charge in [0.1, 0.15) is 0 Å². The first-order valence-corrected chi connectivity index (χ1v) is 8.71. The molecule has 9 heteroatoms. The van der Waals surface area contributed by atoms with Crippen molar-refractivity contribution < 1.29 is 8.42 Å². The van der Waals surface area contributed by atoms with E-state index < -0.39 is 9.84 Å². The van der Waals surface area contributed by atoms with E-state index >= 15 is 0 Å². The lowest BCUT2D eigenvalue weighted by molar-refractivity contribution is 0.425. The van der Waals surface area contributed by atoms with Crippen molar-refractivity contribution in [3.05, 3.63) is 6.20 Å². The Bertz CT molecular complexity index is 577. The maximum atomic E-state index is 11.5. The number of rotatable bonds is 6. The number of hydrogen-bond acceptors (Lipinski definition) is 8. The van der Waals surface area contributed by atoms with E-state index in [9.17, 15) is 8.42 Å². The number of hydrogen-bond donors (Lipinski definition) is 1. The van der Waals surface area contributed by atoms with Crippen LogP contribution >= 0.6 is 0 Å². The van der Waals surface area contributed by atoms with Crippen molar-refractivity contribution >= 4 is 21.6 Å². The molecule has 1 aliphatic rings. The Morgan fingerprint density at radius 3 is 2.76 bits per heavy atom. The quantitative estimate of drug-likeness (QED) is 0.749. The van der Waals surface area contributed by atoms with Crippen LogP contribution in [0.1, 0.15) is 6.42 Å². The first kappa shape index (κ1) is 15.9. The molecule has 0 spiro atoms. The maximum Gasteiger partial charge on any atom is 0.247 e. The van der Waals surface area contributed by atoms with Crippen LogP contribution in [0.3, 0.4) is 0 Å². The van der Waals surface area contributed by atoms with E-state index in [1.54, 1.807) is 11.1 Å². The highest BCUT2D eigenvalue weighted by Crippen LogP contribution is 2.20. The van der Waals surface area contributed by atoms with E-state index in [1.807, 2.05) is 21.1 Å². The fourth-order valence-electron chi connectivity index (χ4n) is 2.18. The Balaban J connectivity index is 2.00. The van der Waals surface area contributed by atoms with Gasteiger partial charge < -0.3 is 15.1 Å². The summed E-state index contributed by atoms with van der Waals surface area (Å²) >= 11 is 0. The summed E-state index contributed by atoms with van der Waals surface area (Å²) in [5, 5.41) is 11.1. The van der Waals surface area contributed by atoms with E-state index in [2.05, 4.69) is 25.4 Å². The molecule has 1 aromatic rings. The van der Waals surface area contributed by atoms with Crippen molar-refractivity contribution in [3.8, 4) is 0 Å². The smallest absolute Gasteiger partial charge is 0.247 e. The molecule has 21 heavy (non-hydrogen) atoms. The Labute approximate surface area is 125 Å². The molecule has 0 bridgehead atoms. The van der Waals surface area contributed by atoms with Crippen LogP contribution in [0.15, 0.2) is 6.20 Å². The first-order valence-electron chi connectivity index (χ1n) is 6.89. The highest BCUT2D eigenvalue weighted by atomic mass is 32.2. The SMILES string of the molecule is CN(C)CCNc1cnnc(N(C)C2CCS(=O)(=O)C2)n1. The summed E-state index contributed by atoms with van der Waals surface area (Å²) in [5.41, 5.74) is 0. The molecular formula is C12H22N6O2S. The molecule has 1 atom stereocenters. The van der Waals surface area contributed by atoms with Gasteiger partial charge in [0.15, 0.2) is 15.7 Å². The van der Waals surface area contributed by atoms with Gasteiger partial charge in [-0.25, -0.2) is 8.42 Å². The van der Waals surface area contributed by atoms with E-state index in [0.717, 1.165) is 13.1 Å². The molecule has 118 valence electrons. The van der Waals surface area contributed by atoms with E-state index in [1.165, 1.54) is 0 Å². The topological polar surface area (TPSA) is 91.3 Å². The molecule has 0 amide bonds. The lowest BCUT2D eigenvalue weighted by Gasteiger charge is -2.23. The molecular weight excluding hydrogens is 292 g/mol. The van der Waals surface area contributed by atoms with Gasteiger partial charge in [-0.3, -0.25) is 0 Å². The number of nitrogens with zero attached hydrogens (tertiary/aromatic N) is 5. The molecule has 0 saturated carbocycles. The normalized spacial score (nSPS) is 20.7.